The lowest BCUT2D eigenvalue weighted by Gasteiger charge is -2.26. The van der Waals surface area contributed by atoms with Gasteiger partial charge in [0, 0.05) is 19.6 Å². The number of aliphatic hydroxyl groups excluding tert-OH is 1. The van der Waals surface area contributed by atoms with Crippen LogP contribution in [0.15, 0.2) is 0 Å². The van der Waals surface area contributed by atoms with Crippen molar-refractivity contribution in [3.63, 3.8) is 0 Å². The molecule has 1 rings (SSSR count). The molecule has 2 N–H and O–H groups in total. The topological polar surface area (TPSA) is 43.7 Å². The molecule has 0 radical (unpaired) electrons. The minimum atomic E-state index is -4.58. The normalized spacial score (nSPS) is 32.1. The number of nitrogens with zero attached hydrogens (tertiary/aromatic N) is 1. The summed E-state index contributed by atoms with van der Waals surface area (Å²) in [5.41, 5.74) is -2.60. The van der Waals surface area contributed by atoms with Gasteiger partial charge in [-0.1, -0.05) is 0 Å². The molecule has 6 heteroatoms. The second-order valence-electron chi connectivity index (χ2n) is 3.86. The highest BCUT2D eigenvalue weighted by atomic mass is 19.4. The van der Waals surface area contributed by atoms with Gasteiger partial charge in [0.2, 0.25) is 0 Å². The molecule has 0 aromatic heterocycles. The Hall–Kier alpha value is -0.330. The zero-order valence-corrected chi connectivity index (χ0v) is 7.88. The molecule has 2 atom stereocenters. The lowest BCUT2D eigenvalue weighted by molar-refractivity contribution is -0.254. The van der Waals surface area contributed by atoms with E-state index in [2.05, 4.69) is 0 Å². The fourth-order valence-electron chi connectivity index (χ4n) is 1.63. The molecule has 1 saturated heterocycles. The number of aliphatic hydroxyl groups is 2. The molecule has 0 saturated carbocycles. The molecular weight excluding hydrogens is 199 g/mol. The van der Waals surface area contributed by atoms with Crippen molar-refractivity contribution < 1.29 is 23.4 Å². The molecule has 1 aliphatic rings. The van der Waals surface area contributed by atoms with Gasteiger partial charge in [0.05, 0.1) is 6.10 Å². The highest BCUT2D eigenvalue weighted by molar-refractivity contribution is 4.96. The maximum atomic E-state index is 12.3. The first kappa shape index (κ1) is 11.7. The molecule has 1 unspecified atom stereocenters. The largest absolute Gasteiger partial charge is 0.418 e. The minimum Gasteiger partial charge on any atom is -0.392 e. The van der Waals surface area contributed by atoms with Gasteiger partial charge in [0.15, 0.2) is 5.60 Å². The summed E-state index contributed by atoms with van der Waals surface area (Å²) >= 11 is 0. The van der Waals surface area contributed by atoms with Crippen molar-refractivity contribution in [3.05, 3.63) is 0 Å². The maximum absolute atomic E-state index is 12.3. The second kappa shape index (κ2) is 3.67. The van der Waals surface area contributed by atoms with E-state index in [1.54, 1.807) is 0 Å². The van der Waals surface area contributed by atoms with Crippen LogP contribution in [0.1, 0.15) is 13.3 Å². The van der Waals surface area contributed by atoms with Gasteiger partial charge in [0.1, 0.15) is 0 Å². The standard InChI is InChI=1S/C8H14F3NO2/c1-6(13)4-12-3-2-7(14,5-12)8(9,10)11/h6,13-14H,2-5H2,1H3/t6-,7?/m1/s1. The minimum absolute atomic E-state index is 0.165. The smallest absolute Gasteiger partial charge is 0.392 e. The Morgan fingerprint density at radius 2 is 2.07 bits per heavy atom. The van der Waals surface area contributed by atoms with Crippen LogP contribution in [0.2, 0.25) is 0 Å². The molecule has 1 aliphatic heterocycles. The van der Waals surface area contributed by atoms with Gasteiger partial charge in [0.25, 0.3) is 0 Å². The van der Waals surface area contributed by atoms with Crippen molar-refractivity contribution in [2.75, 3.05) is 19.6 Å². The lowest BCUT2D eigenvalue weighted by Crippen LogP contribution is -2.47. The first-order valence-electron chi connectivity index (χ1n) is 4.44. The third kappa shape index (κ3) is 2.37. The summed E-state index contributed by atoms with van der Waals surface area (Å²) in [5, 5.41) is 18.2. The molecule has 1 fully saturated rings. The summed E-state index contributed by atoms with van der Waals surface area (Å²) in [5.74, 6) is 0. The van der Waals surface area contributed by atoms with Gasteiger partial charge >= 0.3 is 6.18 Å². The molecule has 0 aliphatic carbocycles. The SMILES string of the molecule is C[C@@H](O)CN1CCC(O)(C(F)(F)F)C1. The average molecular weight is 213 g/mol. The van der Waals surface area contributed by atoms with Gasteiger partial charge in [-0.25, -0.2) is 0 Å². The van der Waals surface area contributed by atoms with Crippen LogP contribution in [0.5, 0.6) is 0 Å². The third-order valence-electron chi connectivity index (χ3n) is 2.38. The first-order valence-corrected chi connectivity index (χ1v) is 4.44. The summed E-state index contributed by atoms with van der Waals surface area (Å²) in [6.07, 6.45) is -5.57. The Balaban J connectivity index is 2.56. The van der Waals surface area contributed by atoms with Crippen LogP contribution < -0.4 is 0 Å². The van der Waals surface area contributed by atoms with Crippen LogP contribution in [0.25, 0.3) is 0 Å². The van der Waals surface area contributed by atoms with Gasteiger partial charge in [-0.2, -0.15) is 13.2 Å². The first-order chi connectivity index (χ1) is 6.24. The van der Waals surface area contributed by atoms with E-state index in [9.17, 15) is 18.3 Å². The molecule has 0 amide bonds. The van der Waals surface area contributed by atoms with Crippen molar-refractivity contribution >= 4 is 0 Å². The lowest BCUT2D eigenvalue weighted by atomic mass is 10.0. The fourth-order valence-corrected chi connectivity index (χ4v) is 1.63. The van der Waals surface area contributed by atoms with Gasteiger partial charge in [-0.05, 0) is 13.3 Å². The molecule has 84 valence electrons. The van der Waals surface area contributed by atoms with Crippen molar-refractivity contribution in [1.82, 2.24) is 4.90 Å². The van der Waals surface area contributed by atoms with E-state index < -0.39 is 24.4 Å². The molecular formula is C8H14F3NO2. The molecule has 0 bridgehead atoms. The number of hydrogen-bond acceptors (Lipinski definition) is 3. The fraction of sp³-hybridized carbons (Fsp3) is 1.00. The van der Waals surface area contributed by atoms with Crippen molar-refractivity contribution in [3.8, 4) is 0 Å². The number of β-amino-alcohol motifs (C(OH)–C–C–N with tert-alkyl or cyclic N) is 2. The highest BCUT2D eigenvalue weighted by Crippen LogP contribution is 2.37. The number of alkyl halides is 3. The second-order valence-corrected chi connectivity index (χ2v) is 3.86. The predicted octanol–water partition coefficient (Wildman–Crippen LogP) is 0.366. The van der Waals surface area contributed by atoms with E-state index in [0.29, 0.717) is 0 Å². The maximum Gasteiger partial charge on any atom is 0.418 e. The summed E-state index contributed by atoms with van der Waals surface area (Å²) in [6.45, 7) is 1.39. The molecule has 14 heavy (non-hydrogen) atoms. The Morgan fingerprint density at radius 3 is 2.43 bits per heavy atom. The number of rotatable bonds is 2. The summed E-state index contributed by atoms with van der Waals surface area (Å²) in [7, 11) is 0. The van der Waals surface area contributed by atoms with Crippen LogP contribution in [0.4, 0.5) is 13.2 Å². The summed E-state index contributed by atoms with van der Waals surface area (Å²) < 4.78 is 36.9. The van der Waals surface area contributed by atoms with Gasteiger partial charge in [-0.3, -0.25) is 4.90 Å². The quantitative estimate of drug-likeness (QED) is 0.696. The molecule has 0 aromatic carbocycles. The zero-order valence-electron chi connectivity index (χ0n) is 7.88. The van der Waals surface area contributed by atoms with Gasteiger partial charge < -0.3 is 10.2 Å². The van der Waals surface area contributed by atoms with E-state index in [1.165, 1.54) is 11.8 Å². The predicted molar refractivity (Wildman–Crippen MR) is 43.7 cm³/mol. The highest BCUT2D eigenvalue weighted by Gasteiger charge is 2.56. The third-order valence-corrected chi connectivity index (χ3v) is 2.38. The van der Waals surface area contributed by atoms with Crippen LogP contribution >= 0.6 is 0 Å². The van der Waals surface area contributed by atoms with Crippen molar-refractivity contribution in [2.24, 2.45) is 0 Å². The van der Waals surface area contributed by atoms with E-state index in [4.69, 9.17) is 5.11 Å². The van der Waals surface area contributed by atoms with Gasteiger partial charge in [-0.15, -0.1) is 0 Å². The molecule has 1 heterocycles. The summed E-state index contributed by atoms with van der Waals surface area (Å²) in [6, 6.07) is 0. The Bertz CT molecular complexity index is 207. The average Bonchev–Trinajstić information content (AvgIpc) is 2.30. The molecule has 0 aromatic rings. The Morgan fingerprint density at radius 1 is 1.50 bits per heavy atom. The van der Waals surface area contributed by atoms with Crippen LogP contribution in [-0.2, 0) is 0 Å². The van der Waals surface area contributed by atoms with E-state index in [1.807, 2.05) is 0 Å². The van der Waals surface area contributed by atoms with Crippen molar-refractivity contribution in [2.45, 2.75) is 31.2 Å². The number of halogens is 3. The van der Waals surface area contributed by atoms with Crippen LogP contribution in [0, 0.1) is 0 Å². The van der Waals surface area contributed by atoms with Crippen LogP contribution in [-0.4, -0.2) is 52.6 Å². The van der Waals surface area contributed by atoms with Crippen molar-refractivity contribution in [1.29, 1.82) is 0 Å². The molecule has 0 spiro atoms. The molecule has 3 nitrogen and oxygen atoms in total. The van der Waals surface area contributed by atoms with E-state index >= 15 is 0 Å². The summed E-state index contributed by atoms with van der Waals surface area (Å²) in [4.78, 5) is 1.41. The monoisotopic (exact) mass is 213 g/mol. The Kier molecular flexibility index (Phi) is 3.08. The zero-order chi connectivity index (χ0) is 11.0. The van der Waals surface area contributed by atoms with Crippen LogP contribution in [0.3, 0.4) is 0 Å². The Labute approximate surface area is 80.1 Å². The number of hydrogen-bond donors (Lipinski definition) is 2. The van der Waals surface area contributed by atoms with E-state index in [-0.39, 0.29) is 19.5 Å². The number of likely N-dealkylation sites (tertiary alicyclic amines) is 1. The van der Waals surface area contributed by atoms with E-state index in [0.717, 1.165) is 0 Å².